The molecule has 1 aliphatic heterocycles. The Morgan fingerprint density at radius 3 is 2.62 bits per heavy atom. The van der Waals surface area contributed by atoms with Crippen molar-refractivity contribution in [2.24, 2.45) is 4.99 Å². The quantitative estimate of drug-likeness (QED) is 0.348. The Kier molecular flexibility index (Phi) is 9.02. The maximum absolute atomic E-state index is 12.8. The van der Waals surface area contributed by atoms with Crippen LogP contribution in [0, 0.1) is 0 Å². The van der Waals surface area contributed by atoms with Crippen LogP contribution in [0.1, 0.15) is 51.0 Å². The minimum atomic E-state index is -0.918. The standard InChI is InChI=1S/C22H31N3O4/c1-2-3-4-8-13-25(16-21(27)28)15-20(23-17-25)22(29)24-19-12-6-5-10-18(19)11-7-9-14-26/h5-6,10,12,15,17,26H,2-4,7-9,11,13-14,16H2,1H3,(H-,24,27,28,29)/p+1. The Labute approximate surface area is 172 Å². The minimum Gasteiger partial charge on any atom is -0.477 e. The zero-order chi connectivity index (χ0) is 21.1. The number of unbranched alkanes of at least 4 members (excludes halogenated alkanes) is 4. The molecule has 1 aliphatic rings. The minimum absolute atomic E-state index is 0.0694. The summed E-state index contributed by atoms with van der Waals surface area (Å²) < 4.78 is 0.0694. The molecule has 0 bridgehead atoms. The number of nitrogens with one attached hydrogen (secondary N) is 1. The van der Waals surface area contributed by atoms with E-state index in [4.69, 9.17) is 5.11 Å². The van der Waals surface area contributed by atoms with Gasteiger partial charge in [0.1, 0.15) is 6.20 Å². The number of carboxylic acids is 1. The Balaban J connectivity index is 2.08. The monoisotopic (exact) mass is 402 g/mol. The van der Waals surface area contributed by atoms with Crippen molar-refractivity contribution in [2.75, 3.05) is 25.0 Å². The van der Waals surface area contributed by atoms with Crippen LogP contribution in [0.25, 0.3) is 0 Å². The van der Waals surface area contributed by atoms with E-state index in [1.54, 1.807) is 12.5 Å². The number of benzene rings is 1. The molecule has 7 nitrogen and oxygen atoms in total. The lowest BCUT2D eigenvalue weighted by Crippen LogP contribution is -2.44. The zero-order valence-corrected chi connectivity index (χ0v) is 17.1. The number of aliphatic hydroxyl groups is 1. The van der Waals surface area contributed by atoms with Crippen LogP contribution in [0.4, 0.5) is 5.69 Å². The van der Waals surface area contributed by atoms with Crippen molar-refractivity contribution in [3.8, 4) is 0 Å². The third-order valence-corrected chi connectivity index (χ3v) is 5.02. The van der Waals surface area contributed by atoms with Gasteiger partial charge in [0.25, 0.3) is 5.91 Å². The van der Waals surface area contributed by atoms with E-state index in [0.717, 1.165) is 49.8 Å². The van der Waals surface area contributed by atoms with E-state index in [-0.39, 0.29) is 29.2 Å². The van der Waals surface area contributed by atoms with Gasteiger partial charge in [0.05, 0.1) is 6.54 Å². The van der Waals surface area contributed by atoms with Crippen LogP contribution in [0.3, 0.4) is 0 Å². The number of nitrogens with zero attached hydrogens (tertiary/aromatic N) is 2. The number of quaternary nitrogens is 1. The van der Waals surface area contributed by atoms with Crippen LogP contribution in [0.5, 0.6) is 0 Å². The Bertz CT molecular complexity index is 760. The molecule has 0 fully saturated rings. The van der Waals surface area contributed by atoms with Crippen molar-refractivity contribution in [2.45, 2.75) is 51.9 Å². The smallest absolute Gasteiger partial charge is 0.360 e. The van der Waals surface area contributed by atoms with E-state index in [0.29, 0.717) is 13.0 Å². The van der Waals surface area contributed by atoms with Crippen molar-refractivity contribution in [1.82, 2.24) is 0 Å². The normalized spacial score (nSPS) is 17.9. The number of carbonyl (C=O) groups is 2. The molecule has 0 radical (unpaired) electrons. The fraction of sp³-hybridized carbons (Fsp3) is 0.500. The molecule has 0 aliphatic carbocycles. The predicted molar refractivity (Wildman–Crippen MR) is 113 cm³/mol. The van der Waals surface area contributed by atoms with Crippen LogP contribution in [0.2, 0.25) is 0 Å². The average molecular weight is 403 g/mol. The van der Waals surface area contributed by atoms with Crippen LogP contribution in [-0.4, -0.2) is 52.6 Å². The van der Waals surface area contributed by atoms with Crippen LogP contribution < -0.4 is 5.32 Å². The molecule has 0 saturated heterocycles. The number of hydrogen-bond donors (Lipinski definition) is 3. The van der Waals surface area contributed by atoms with Crippen LogP contribution >= 0.6 is 0 Å². The summed E-state index contributed by atoms with van der Waals surface area (Å²) in [5, 5.41) is 21.2. The number of amides is 1. The highest BCUT2D eigenvalue weighted by Crippen LogP contribution is 2.22. The summed E-state index contributed by atoms with van der Waals surface area (Å²) in [5.74, 6) is -1.26. The molecule has 3 N–H and O–H groups in total. The number of hydrogen-bond acceptors (Lipinski definition) is 4. The SMILES string of the molecule is CCCCCC[N+]1(CC(=O)O)C=NC(C(=O)Nc2ccccc2CCCCO)=C1. The van der Waals surface area contributed by atoms with Gasteiger partial charge in [0.15, 0.2) is 18.6 Å². The molecule has 0 spiro atoms. The van der Waals surface area contributed by atoms with Gasteiger partial charge < -0.3 is 15.5 Å². The number of para-hydroxylation sites is 1. The van der Waals surface area contributed by atoms with Gasteiger partial charge in [-0.1, -0.05) is 38.0 Å². The van der Waals surface area contributed by atoms with Crippen LogP contribution in [0.15, 0.2) is 41.2 Å². The lowest BCUT2D eigenvalue weighted by molar-refractivity contribution is -0.771. The molecule has 1 amide bonds. The number of rotatable bonds is 13. The number of aliphatic imine (C=N–C) groups is 1. The highest BCUT2D eigenvalue weighted by molar-refractivity contribution is 6.05. The summed E-state index contributed by atoms with van der Waals surface area (Å²) in [4.78, 5) is 28.4. The first-order chi connectivity index (χ1) is 14.0. The lowest BCUT2D eigenvalue weighted by atomic mass is 10.1. The van der Waals surface area contributed by atoms with Gasteiger partial charge in [0, 0.05) is 12.3 Å². The third-order valence-electron chi connectivity index (χ3n) is 5.02. The van der Waals surface area contributed by atoms with Crippen molar-refractivity contribution in [3.05, 3.63) is 41.7 Å². The predicted octanol–water partition coefficient (Wildman–Crippen LogP) is 3.31. The summed E-state index contributed by atoms with van der Waals surface area (Å²) in [6, 6.07) is 7.57. The summed E-state index contributed by atoms with van der Waals surface area (Å²) in [6.45, 7) is 2.77. The number of carbonyl (C=O) groups excluding carboxylic acids is 1. The van der Waals surface area contributed by atoms with Crippen molar-refractivity contribution in [3.63, 3.8) is 0 Å². The summed E-state index contributed by atoms with van der Waals surface area (Å²) >= 11 is 0. The first-order valence-corrected chi connectivity index (χ1v) is 10.4. The molecule has 1 aromatic rings. The first-order valence-electron chi connectivity index (χ1n) is 10.4. The summed E-state index contributed by atoms with van der Waals surface area (Å²) in [5.41, 5.74) is 1.97. The molecular weight excluding hydrogens is 370 g/mol. The fourth-order valence-corrected chi connectivity index (χ4v) is 3.45. The van der Waals surface area contributed by atoms with E-state index in [9.17, 15) is 14.7 Å². The van der Waals surface area contributed by atoms with E-state index < -0.39 is 5.97 Å². The van der Waals surface area contributed by atoms with Gasteiger partial charge in [-0.15, -0.1) is 0 Å². The fourth-order valence-electron chi connectivity index (χ4n) is 3.45. The molecule has 1 atom stereocenters. The molecule has 0 aromatic heterocycles. The second-order valence-corrected chi connectivity index (χ2v) is 7.49. The molecule has 1 heterocycles. The second-order valence-electron chi connectivity index (χ2n) is 7.49. The van der Waals surface area contributed by atoms with Crippen molar-refractivity contribution in [1.29, 1.82) is 0 Å². The van der Waals surface area contributed by atoms with Gasteiger partial charge in [-0.3, -0.25) is 4.79 Å². The molecule has 1 unspecified atom stereocenters. The molecular formula is C22H32N3O4+. The molecule has 1 aromatic carbocycles. The van der Waals surface area contributed by atoms with Gasteiger partial charge in [-0.25, -0.2) is 9.28 Å². The lowest BCUT2D eigenvalue weighted by Gasteiger charge is -2.25. The number of anilines is 1. The second kappa shape index (κ2) is 11.5. The number of aryl methyl sites for hydroxylation is 1. The molecule has 7 heteroatoms. The van der Waals surface area contributed by atoms with Gasteiger partial charge in [0.2, 0.25) is 0 Å². The average Bonchev–Trinajstić information content (AvgIpc) is 3.10. The summed E-state index contributed by atoms with van der Waals surface area (Å²) in [6.07, 6.45) is 9.66. The largest absolute Gasteiger partial charge is 0.477 e. The zero-order valence-electron chi connectivity index (χ0n) is 17.1. The highest BCUT2D eigenvalue weighted by atomic mass is 16.4. The Morgan fingerprint density at radius 2 is 1.90 bits per heavy atom. The van der Waals surface area contributed by atoms with Gasteiger partial charge >= 0.3 is 5.97 Å². The van der Waals surface area contributed by atoms with E-state index in [1.807, 2.05) is 24.3 Å². The maximum atomic E-state index is 12.8. The number of aliphatic carboxylic acids is 1. The third kappa shape index (κ3) is 7.11. The Hall–Kier alpha value is -2.51. The van der Waals surface area contributed by atoms with E-state index in [1.165, 1.54) is 0 Å². The summed E-state index contributed by atoms with van der Waals surface area (Å²) in [7, 11) is 0. The molecule has 158 valence electrons. The molecule has 0 saturated carbocycles. The molecule has 29 heavy (non-hydrogen) atoms. The maximum Gasteiger partial charge on any atom is 0.360 e. The van der Waals surface area contributed by atoms with Crippen LogP contribution in [-0.2, 0) is 16.0 Å². The molecule has 2 rings (SSSR count). The van der Waals surface area contributed by atoms with Gasteiger partial charge in [-0.05, 0) is 43.7 Å². The first kappa shape index (κ1) is 22.8. The van der Waals surface area contributed by atoms with Crippen molar-refractivity contribution < 1.29 is 24.3 Å². The topological polar surface area (TPSA) is 99.0 Å². The van der Waals surface area contributed by atoms with Gasteiger partial charge in [-0.2, -0.15) is 4.99 Å². The van der Waals surface area contributed by atoms with Crippen molar-refractivity contribution >= 4 is 23.9 Å². The Morgan fingerprint density at radius 1 is 1.10 bits per heavy atom. The highest BCUT2D eigenvalue weighted by Gasteiger charge is 2.34. The number of carboxylic acid groups (broad SMARTS) is 1. The number of aliphatic hydroxyl groups excluding tert-OH is 1. The van der Waals surface area contributed by atoms with E-state index >= 15 is 0 Å². The van der Waals surface area contributed by atoms with E-state index in [2.05, 4.69) is 17.2 Å².